The molecule has 0 N–H and O–H groups in total. The molecule has 0 saturated carbocycles. The SMILES string of the molecule is CC(C)Oc1nn2nnnc2c2ccccc12. The second-order valence-corrected chi connectivity index (χ2v) is 4.01. The third-order valence-corrected chi connectivity index (χ3v) is 2.38. The van der Waals surface area contributed by atoms with E-state index in [-0.39, 0.29) is 6.10 Å². The maximum atomic E-state index is 5.68. The normalized spacial score (nSPS) is 11.5. The number of tetrazole rings is 1. The molecule has 86 valence electrons. The summed E-state index contributed by atoms with van der Waals surface area (Å²) in [4.78, 5) is 0. The van der Waals surface area contributed by atoms with Gasteiger partial charge in [0.2, 0.25) is 11.5 Å². The van der Waals surface area contributed by atoms with Gasteiger partial charge in [-0.3, -0.25) is 0 Å². The van der Waals surface area contributed by atoms with Gasteiger partial charge in [0.25, 0.3) is 0 Å². The molecule has 17 heavy (non-hydrogen) atoms. The van der Waals surface area contributed by atoms with Crippen LogP contribution in [0.5, 0.6) is 5.88 Å². The highest BCUT2D eigenvalue weighted by molar-refractivity contribution is 5.96. The molecule has 0 atom stereocenters. The molecule has 0 radical (unpaired) electrons. The van der Waals surface area contributed by atoms with Gasteiger partial charge in [0.15, 0.2) is 0 Å². The van der Waals surface area contributed by atoms with Crippen LogP contribution < -0.4 is 4.74 Å². The zero-order chi connectivity index (χ0) is 11.8. The lowest BCUT2D eigenvalue weighted by atomic mass is 10.2. The van der Waals surface area contributed by atoms with Gasteiger partial charge in [-0.15, -0.1) is 14.8 Å². The topological polar surface area (TPSA) is 65.2 Å². The lowest BCUT2D eigenvalue weighted by Gasteiger charge is -2.10. The summed E-state index contributed by atoms with van der Waals surface area (Å²) in [6.45, 7) is 3.92. The molecule has 6 heteroatoms. The van der Waals surface area contributed by atoms with Crippen molar-refractivity contribution in [1.29, 1.82) is 0 Å². The molecule has 0 bridgehead atoms. The molecule has 0 saturated heterocycles. The van der Waals surface area contributed by atoms with Crippen LogP contribution in [0.25, 0.3) is 16.4 Å². The first-order valence-electron chi connectivity index (χ1n) is 5.39. The Morgan fingerprint density at radius 3 is 2.71 bits per heavy atom. The number of ether oxygens (including phenoxy) is 1. The van der Waals surface area contributed by atoms with E-state index < -0.39 is 0 Å². The van der Waals surface area contributed by atoms with Gasteiger partial charge in [0.1, 0.15) is 0 Å². The van der Waals surface area contributed by atoms with Gasteiger partial charge in [-0.2, -0.15) is 0 Å². The van der Waals surface area contributed by atoms with Crippen LogP contribution in [0.4, 0.5) is 0 Å². The summed E-state index contributed by atoms with van der Waals surface area (Å²) in [5.74, 6) is 0.551. The molecule has 0 aliphatic heterocycles. The molecule has 0 aliphatic carbocycles. The quantitative estimate of drug-likeness (QED) is 0.665. The average Bonchev–Trinajstić information content (AvgIpc) is 2.77. The molecular formula is C11H11N5O. The Bertz CT molecular complexity index is 676. The fraction of sp³-hybridized carbons (Fsp3) is 0.273. The molecule has 2 heterocycles. The maximum absolute atomic E-state index is 5.68. The summed E-state index contributed by atoms with van der Waals surface area (Å²) in [5.41, 5.74) is 0.636. The Kier molecular flexibility index (Phi) is 2.14. The Morgan fingerprint density at radius 1 is 1.18 bits per heavy atom. The number of fused-ring (bicyclic) bond motifs is 3. The van der Waals surface area contributed by atoms with E-state index in [2.05, 4.69) is 20.6 Å². The lowest BCUT2D eigenvalue weighted by Crippen LogP contribution is -2.09. The predicted octanol–water partition coefficient (Wildman–Crippen LogP) is 1.46. The monoisotopic (exact) mass is 229 g/mol. The second-order valence-electron chi connectivity index (χ2n) is 4.01. The smallest absolute Gasteiger partial charge is 0.241 e. The third-order valence-electron chi connectivity index (χ3n) is 2.38. The highest BCUT2D eigenvalue weighted by Gasteiger charge is 2.12. The van der Waals surface area contributed by atoms with Gasteiger partial charge in [0.05, 0.1) is 6.10 Å². The van der Waals surface area contributed by atoms with E-state index in [1.54, 1.807) is 0 Å². The number of hydrogen-bond donors (Lipinski definition) is 0. The van der Waals surface area contributed by atoms with Gasteiger partial charge in [0, 0.05) is 10.8 Å². The van der Waals surface area contributed by atoms with E-state index in [9.17, 15) is 0 Å². The average molecular weight is 229 g/mol. The minimum atomic E-state index is 0.0554. The summed E-state index contributed by atoms with van der Waals surface area (Å²) >= 11 is 0. The van der Waals surface area contributed by atoms with Crippen molar-refractivity contribution in [3.63, 3.8) is 0 Å². The van der Waals surface area contributed by atoms with E-state index in [1.807, 2.05) is 38.1 Å². The summed E-state index contributed by atoms with van der Waals surface area (Å²) in [7, 11) is 0. The molecule has 3 rings (SSSR count). The molecule has 1 aromatic carbocycles. The van der Waals surface area contributed by atoms with Crippen LogP contribution in [0.2, 0.25) is 0 Å². The summed E-state index contributed by atoms with van der Waals surface area (Å²) in [6, 6.07) is 7.79. The fourth-order valence-corrected chi connectivity index (χ4v) is 1.73. The summed E-state index contributed by atoms with van der Waals surface area (Å²) in [6.07, 6.45) is 0.0554. The number of benzene rings is 1. The zero-order valence-corrected chi connectivity index (χ0v) is 9.53. The Balaban J connectivity index is 2.37. The maximum Gasteiger partial charge on any atom is 0.241 e. The van der Waals surface area contributed by atoms with E-state index >= 15 is 0 Å². The molecule has 2 aromatic heterocycles. The summed E-state index contributed by atoms with van der Waals surface area (Å²) < 4.78 is 7.07. The van der Waals surface area contributed by atoms with E-state index in [1.165, 1.54) is 4.63 Å². The van der Waals surface area contributed by atoms with Crippen molar-refractivity contribution in [1.82, 2.24) is 25.3 Å². The van der Waals surface area contributed by atoms with Gasteiger partial charge in [-0.25, -0.2) is 0 Å². The first-order valence-corrected chi connectivity index (χ1v) is 5.39. The highest BCUT2D eigenvalue weighted by Crippen LogP contribution is 2.25. The van der Waals surface area contributed by atoms with Crippen LogP contribution >= 0.6 is 0 Å². The van der Waals surface area contributed by atoms with Gasteiger partial charge in [-0.1, -0.05) is 18.2 Å². The number of rotatable bonds is 2. The number of hydrogen-bond acceptors (Lipinski definition) is 5. The van der Waals surface area contributed by atoms with Crippen LogP contribution in [-0.4, -0.2) is 31.4 Å². The molecule has 0 amide bonds. The highest BCUT2D eigenvalue weighted by atomic mass is 16.5. The zero-order valence-electron chi connectivity index (χ0n) is 9.53. The molecule has 3 aromatic rings. The van der Waals surface area contributed by atoms with Gasteiger partial charge >= 0.3 is 0 Å². The van der Waals surface area contributed by atoms with Crippen LogP contribution in [0.3, 0.4) is 0 Å². The van der Waals surface area contributed by atoms with Crippen molar-refractivity contribution in [2.75, 3.05) is 0 Å². The minimum absolute atomic E-state index is 0.0554. The van der Waals surface area contributed by atoms with Crippen LogP contribution in [0.1, 0.15) is 13.8 Å². The number of nitrogens with zero attached hydrogens (tertiary/aromatic N) is 5. The molecule has 0 fully saturated rings. The minimum Gasteiger partial charge on any atom is -0.473 e. The van der Waals surface area contributed by atoms with E-state index in [0.717, 1.165) is 10.8 Å². The van der Waals surface area contributed by atoms with Gasteiger partial charge < -0.3 is 4.74 Å². The second kappa shape index (κ2) is 3.65. The van der Waals surface area contributed by atoms with Crippen LogP contribution in [0, 0.1) is 0 Å². The molecular weight excluding hydrogens is 218 g/mol. The van der Waals surface area contributed by atoms with Crippen molar-refractivity contribution in [3.8, 4) is 5.88 Å². The molecule has 0 aliphatic rings. The van der Waals surface area contributed by atoms with Crippen molar-refractivity contribution in [2.45, 2.75) is 20.0 Å². The predicted molar refractivity (Wildman–Crippen MR) is 61.8 cm³/mol. The number of aromatic nitrogens is 5. The Hall–Kier alpha value is -2.24. The molecule has 6 nitrogen and oxygen atoms in total. The van der Waals surface area contributed by atoms with E-state index in [4.69, 9.17) is 4.74 Å². The fourth-order valence-electron chi connectivity index (χ4n) is 1.73. The lowest BCUT2D eigenvalue weighted by molar-refractivity contribution is 0.232. The van der Waals surface area contributed by atoms with Crippen molar-refractivity contribution >= 4 is 16.4 Å². The van der Waals surface area contributed by atoms with Crippen molar-refractivity contribution < 1.29 is 4.74 Å². The van der Waals surface area contributed by atoms with Crippen molar-refractivity contribution in [2.24, 2.45) is 0 Å². The molecule has 0 unspecified atom stereocenters. The standard InChI is InChI=1S/C11H11N5O/c1-7(2)17-11-9-6-4-3-5-8(9)10-12-14-15-16(10)13-11/h3-7H,1-2H3. The first kappa shape index (κ1) is 9.95. The van der Waals surface area contributed by atoms with Crippen molar-refractivity contribution in [3.05, 3.63) is 24.3 Å². The Labute approximate surface area is 97.2 Å². The Morgan fingerprint density at radius 2 is 1.94 bits per heavy atom. The molecule has 0 spiro atoms. The largest absolute Gasteiger partial charge is 0.473 e. The van der Waals surface area contributed by atoms with E-state index in [0.29, 0.717) is 11.5 Å². The third kappa shape index (κ3) is 1.57. The van der Waals surface area contributed by atoms with Crippen LogP contribution in [-0.2, 0) is 0 Å². The van der Waals surface area contributed by atoms with Gasteiger partial charge in [-0.05, 0) is 30.3 Å². The van der Waals surface area contributed by atoms with Crippen LogP contribution in [0.15, 0.2) is 24.3 Å². The first-order chi connectivity index (χ1) is 8.25. The summed E-state index contributed by atoms with van der Waals surface area (Å²) in [5, 5.41) is 17.5.